The van der Waals surface area contributed by atoms with E-state index in [2.05, 4.69) is 46.7 Å². The number of carbonyl (C=O) groups excluding carboxylic acids is 1. The second-order valence-corrected chi connectivity index (χ2v) is 6.95. The smallest absolute Gasteiger partial charge is 0.244 e. The number of amides is 1. The fourth-order valence-corrected chi connectivity index (χ4v) is 2.96. The summed E-state index contributed by atoms with van der Waals surface area (Å²) < 4.78 is 5.35. The van der Waals surface area contributed by atoms with Gasteiger partial charge in [-0.3, -0.25) is 4.79 Å². The molecule has 0 unspecified atom stereocenters. The summed E-state index contributed by atoms with van der Waals surface area (Å²) in [5.74, 6) is 1.51. The Balaban J connectivity index is 1.63. The van der Waals surface area contributed by atoms with E-state index >= 15 is 0 Å². The van der Waals surface area contributed by atoms with Crippen LogP contribution in [0.1, 0.15) is 43.9 Å². The zero-order chi connectivity index (χ0) is 20.1. The number of nitrogens with zero attached hydrogens (tertiary/aromatic N) is 4. The van der Waals surface area contributed by atoms with Gasteiger partial charge in [-0.2, -0.15) is 4.80 Å². The Morgan fingerprint density at radius 2 is 1.82 bits per heavy atom. The van der Waals surface area contributed by atoms with Crippen molar-refractivity contribution in [3.05, 3.63) is 59.7 Å². The highest BCUT2D eigenvalue weighted by Gasteiger charge is 2.15. The first-order chi connectivity index (χ1) is 13.5. The molecule has 2 aromatic carbocycles. The SMILES string of the molecule is COc1ccccc1[C@@H](C)NC(=O)Cn1nnc(-c2ccc(C(C)C)cc2)n1. The highest BCUT2D eigenvalue weighted by Crippen LogP contribution is 2.24. The van der Waals surface area contributed by atoms with E-state index < -0.39 is 0 Å². The molecule has 146 valence electrons. The first-order valence-electron chi connectivity index (χ1n) is 9.28. The number of hydrogen-bond donors (Lipinski definition) is 1. The van der Waals surface area contributed by atoms with Crippen molar-refractivity contribution in [2.24, 2.45) is 0 Å². The number of benzene rings is 2. The van der Waals surface area contributed by atoms with Crippen molar-refractivity contribution in [3.8, 4) is 17.1 Å². The summed E-state index contributed by atoms with van der Waals surface area (Å²) in [6, 6.07) is 15.5. The maximum atomic E-state index is 12.4. The van der Waals surface area contributed by atoms with Gasteiger partial charge in [0.15, 0.2) is 0 Å². The number of ether oxygens (including phenoxy) is 1. The number of aromatic nitrogens is 4. The van der Waals surface area contributed by atoms with Crippen molar-refractivity contribution in [2.75, 3.05) is 7.11 Å². The lowest BCUT2D eigenvalue weighted by Gasteiger charge is -2.16. The molecule has 0 bridgehead atoms. The maximum Gasteiger partial charge on any atom is 0.244 e. The van der Waals surface area contributed by atoms with Crippen LogP contribution in [0.2, 0.25) is 0 Å². The van der Waals surface area contributed by atoms with Gasteiger partial charge >= 0.3 is 0 Å². The molecule has 0 saturated carbocycles. The van der Waals surface area contributed by atoms with Crippen LogP contribution in [0.25, 0.3) is 11.4 Å². The van der Waals surface area contributed by atoms with Crippen LogP contribution in [-0.2, 0) is 11.3 Å². The molecule has 0 saturated heterocycles. The Morgan fingerprint density at radius 3 is 2.50 bits per heavy atom. The molecule has 0 radical (unpaired) electrons. The van der Waals surface area contributed by atoms with Crippen LogP contribution in [0.5, 0.6) is 5.75 Å². The Kier molecular flexibility index (Phi) is 6.03. The van der Waals surface area contributed by atoms with Crippen LogP contribution in [-0.4, -0.2) is 33.2 Å². The third-order valence-corrected chi connectivity index (χ3v) is 4.56. The van der Waals surface area contributed by atoms with Crippen LogP contribution in [0.3, 0.4) is 0 Å². The van der Waals surface area contributed by atoms with Crippen molar-refractivity contribution in [3.63, 3.8) is 0 Å². The number of para-hydroxylation sites is 1. The zero-order valence-corrected chi connectivity index (χ0v) is 16.6. The van der Waals surface area contributed by atoms with Crippen LogP contribution in [0, 0.1) is 0 Å². The van der Waals surface area contributed by atoms with Crippen molar-refractivity contribution in [2.45, 2.75) is 39.3 Å². The first kappa shape index (κ1) is 19.5. The van der Waals surface area contributed by atoms with Gasteiger partial charge in [0.2, 0.25) is 11.7 Å². The molecule has 3 aromatic rings. The molecule has 1 amide bonds. The molecule has 0 spiro atoms. The number of hydrogen-bond acceptors (Lipinski definition) is 5. The zero-order valence-electron chi connectivity index (χ0n) is 16.6. The predicted octanol–water partition coefficient (Wildman–Crippen LogP) is 3.35. The summed E-state index contributed by atoms with van der Waals surface area (Å²) in [4.78, 5) is 13.7. The van der Waals surface area contributed by atoms with Crippen LogP contribution >= 0.6 is 0 Å². The Hall–Kier alpha value is -3.22. The number of nitrogens with one attached hydrogen (secondary N) is 1. The van der Waals surface area contributed by atoms with Crippen molar-refractivity contribution < 1.29 is 9.53 Å². The molecule has 0 aliphatic heterocycles. The summed E-state index contributed by atoms with van der Waals surface area (Å²) in [5, 5.41) is 15.3. The van der Waals surface area contributed by atoms with E-state index in [1.54, 1.807) is 7.11 Å². The van der Waals surface area contributed by atoms with Gasteiger partial charge in [0.1, 0.15) is 12.3 Å². The monoisotopic (exact) mass is 379 g/mol. The molecular weight excluding hydrogens is 354 g/mol. The van der Waals surface area contributed by atoms with Gasteiger partial charge in [-0.15, -0.1) is 10.2 Å². The van der Waals surface area contributed by atoms with Gasteiger partial charge in [0.25, 0.3) is 0 Å². The number of tetrazole rings is 1. The summed E-state index contributed by atoms with van der Waals surface area (Å²) in [7, 11) is 1.61. The summed E-state index contributed by atoms with van der Waals surface area (Å²) in [6.45, 7) is 6.20. The minimum absolute atomic E-state index is 0.00341. The lowest BCUT2D eigenvalue weighted by molar-refractivity contribution is -0.122. The molecular formula is C21H25N5O2. The van der Waals surface area contributed by atoms with Crippen molar-refractivity contribution in [1.82, 2.24) is 25.5 Å². The normalized spacial score (nSPS) is 12.0. The van der Waals surface area contributed by atoms with E-state index in [1.165, 1.54) is 10.4 Å². The molecule has 1 aromatic heterocycles. The molecule has 0 aliphatic rings. The van der Waals surface area contributed by atoms with Gasteiger partial charge in [0, 0.05) is 11.1 Å². The summed E-state index contributed by atoms with van der Waals surface area (Å²) >= 11 is 0. The molecule has 28 heavy (non-hydrogen) atoms. The second kappa shape index (κ2) is 8.65. The topological polar surface area (TPSA) is 81.9 Å². The average Bonchev–Trinajstić information content (AvgIpc) is 3.16. The molecule has 1 atom stereocenters. The van der Waals surface area contributed by atoms with Crippen molar-refractivity contribution >= 4 is 5.91 Å². The van der Waals surface area contributed by atoms with E-state index in [9.17, 15) is 4.79 Å². The number of methoxy groups -OCH3 is 1. The van der Waals surface area contributed by atoms with Crippen LogP contribution < -0.4 is 10.1 Å². The predicted molar refractivity (Wildman–Crippen MR) is 107 cm³/mol. The molecule has 3 rings (SSSR count). The van der Waals surface area contributed by atoms with Gasteiger partial charge in [-0.05, 0) is 29.7 Å². The van der Waals surface area contributed by atoms with E-state index in [-0.39, 0.29) is 18.5 Å². The second-order valence-electron chi connectivity index (χ2n) is 6.95. The summed E-state index contributed by atoms with van der Waals surface area (Å²) in [5.41, 5.74) is 3.04. The lowest BCUT2D eigenvalue weighted by atomic mass is 10.0. The quantitative estimate of drug-likeness (QED) is 0.681. The molecule has 0 aliphatic carbocycles. The number of carbonyl (C=O) groups is 1. The minimum Gasteiger partial charge on any atom is -0.496 e. The highest BCUT2D eigenvalue weighted by molar-refractivity contribution is 5.76. The average molecular weight is 379 g/mol. The van der Waals surface area contributed by atoms with E-state index in [0.29, 0.717) is 11.7 Å². The van der Waals surface area contributed by atoms with E-state index in [1.807, 2.05) is 43.3 Å². The third-order valence-electron chi connectivity index (χ3n) is 4.56. The fraction of sp³-hybridized carbons (Fsp3) is 0.333. The maximum absolute atomic E-state index is 12.4. The van der Waals surface area contributed by atoms with Gasteiger partial charge in [-0.25, -0.2) is 0 Å². The minimum atomic E-state index is -0.199. The fourth-order valence-electron chi connectivity index (χ4n) is 2.96. The van der Waals surface area contributed by atoms with Crippen LogP contribution in [0.4, 0.5) is 0 Å². The lowest BCUT2D eigenvalue weighted by Crippen LogP contribution is -2.31. The summed E-state index contributed by atoms with van der Waals surface area (Å²) in [6.07, 6.45) is 0. The standard InChI is InChI=1S/C21H25N5O2/c1-14(2)16-9-11-17(12-10-16)21-23-25-26(24-21)13-20(27)22-15(3)18-7-5-6-8-19(18)28-4/h5-12,14-15H,13H2,1-4H3,(H,22,27)/t15-/m1/s1. The molecule has 1 N–H and O–H groups in total. The van der Waals surface area contributed by atoms with Gasteiger partial charge in [0.05, 0.1) is 13.2 Å². The van der Waals surface area contributed by atoms with Crippen LogP contribution in [0.15, 0.2) is 48.5 Å². The van der Waals surface area contributed by atoms with E-state index in [4.69, 9.17) is 4.74 Å². The van der Waals surface area contributed by atoms with Crippen molar-refractivity contribution in [1.29, 1.82) is 0 Å². The molecule has 7 nitrogen and oxygen atoms in total. The van der Waals surface area contributed by atoms with E-state index in [0.717, 1.165) is 16.9 Å². The van der Waals surface area contributed by atoms with Gasteiger partial charge < -0.3 is 10.1 Å². The Labute approximate surface area is 164 Å². The molecule has 7 heteroatoms. The largest absolute Gasteiger partial charge is 0.496 e. The Bertz CT molecular complexity index is 934. The molecule has 1 heterocycles. The third kappa shape index (κ3) is 4.54. The number of rotatable bonds is 7. The highest BCUT2D eigenvalue weighted by atomic mass is 16.5. The Morgan fingerprint density at radius 1 is 1.11 bits per heavy atom. The first-order valence-corrected chi connectivity index (χ1v) is 9.28. The van der Waals surface area contributed by atoms with Gasteiger partial charge in [-0.1, -0.05) is 56.3 Å². The molecule has 0 fully saturated rings.